The number of allylic oxidation sites excluding steroid dienone is 12. The molecule has 0 rings (SSSR count). The second kappa shape index (κ2) is 39.4. The first kappa shape index (κ1) is 52.2. The molecule has 314 valence electrons. The monoisotopic (exact) mass is 791 g/mol. The van der Waals surface area contributed by atoms with Crippen LogP contribution >= 0.6 is 7.82 Å². The second-order valence-electron chi connectivity index (χ2n) is 14.0. The fraction of sp³-hybridized carbons (Fsp3) is 0.667. The van der Waals surface area contributed by atoms with Gasteiger partial charge in [-0.15, -0.1) is 0 Å². The van der Waals surface area contributed by atoms with Crippen LogP contribution in [0.2, 0.25) is 0 Å². The van der Waals surface area contributed by atoms with E-state index in [1.807, 2.05) is 36.5 Å². The fourth-order valence-corrected chi connectivity index (χ4v) is 5.83. The minimum Gasteiger partial charge on any atom is -0.462 e. The summed E-state index contributed by atoms with van der Waals surface area (Å²) < 4.78 is 26.3. The number of phosphoric acid groups is 1. The van der Waals surface area contributed by atoms with Gasteiger partial charge in [0.25, 0.3) is 0 Å². The quantitative estimate of drug-likeness (QED) is 0.0156. The summed E-state index contributed by atoms with van der Waals surface area (Å²) in [6.45, 7) is 3.44. The van der Waals surface area contributed by atoms with Gasteiger partial charge in [-0.1, -0.05) is 151 Å². The van der Waals surface area contributed by atoms with Crippen molar-refractivity contribution in [1.82, 2.24) is 0 Å². The van der Waals surface area contributed by atoms with E-state index in [4.69, 9.17) is 19.3 Å². The van der Waals surface area contributed by atoms with Crippen LogP contribution in [0.25, 0.3) is 0 Å². The maximum atomic E-state index is 12.4. The number of phosphoric ester groups is 1. The van der Waals surface area contributed by atoms with Gasteiger partial charge in [0.2, 0.25) is 0 Å². The van der Waals surface area contributed by atoms with Crippen molar-refractivity contribution in [1.29, 1.82) is 0 Å². The van der Waals surface area contributed by atoms with Gasteiger partial charge >= 0.3 is 19.8 Å². The number of esters is 2. The molecule has 9 nitrogen and oxygen atoms in total. The number of carbonyl (C=O) groups is 3. The van der Waals surface area contributed by atoms with Gasteiger partial charge < -0.3 is 19.3 Å². The Morgan fingerprint density at radius 3 is 1.60 bits per heavy atom. The average Bonchev–Trinajstić information content (AvgIpc) is 3.15. The van der Waals surface area contributed by atoms with Gasteiger partial charge in [0.05, 0.1) is 6.61 Å². The molecule has 0 saturated heterocycles. The van der Waals surface area contributed by atoms with Crippen molar-refractivity contribution < 1.29 is 42.7 Å². The summed E-state index contributed by atoms with van der Waals surface area (Å²) in [5.74, 6) is -0.831. The van der Waals surface area contributed by atoms with Gasteiger partial charge in [0.1, 0.15) is 6.61 Å². The molecule has 0 unspecified atom stereocenters. The third kappa shape index (κ3) is 42.1. The van der Waals surface area contributed by atoms with Gasteiger partial charge in [-0.25, -0.2) is 4.57 Å². The zero-order valence-corrected chi connectivity index (χ0v) is 35.2. The molecule has 0 aliphatic carbocycles. The minimum absolute atomic E-state index is 0.106. The molecular formula is C45H75O9P. The van der Waals surface area contributed by atoms with Crippen molar-refractivity contribution in [2.45, 2.75) is 180 Å². The first-order valence-electron chi connectivity index (χ1n) is 21.2. The molecule has 0 fully saturated rings. The van der Waals surface area contributed by atoms with Crippen molar-refractivity contribution in [2.75, 3.05) is 13.2 Å². The first-order valence-corrected chi connectivity index (χ1v) is 22.7. The van der Waals surface area contributed by atoms with Crippen molar-refractivity contribution in [3.05, 3.63) is 72.9 Å². The van der Waals surface area contributed by atoms with Crippen LogP contribution in [0.15, 0.2) is 72.9 Å². The van der Waals surface area contributed by atoms with Crippen molar-refractivity contribution in [2.24, 2.45) is 0 Å². The van der Waals surface area contributed by atoms with E-state index in [-0.39, 0.29) is 25.2 Å². The van der Waals surface area contributed by atoms with Crippen LogP contribution in [0.5, 0.6) is 0 Å². The van der Waals surface area contributed by atoms with Crippen molar-refractivity contribution in [3.8, 4) is 0 Å². The van der Waals surface area contributed by atoms with E-state index >= 15 is 0 Å². The average molecular weight is 791 g/mol. The summed E-state index contributed by atoms with van der Waals surface area (Å²) in [7, 11) is -4.79. The zero-order valence-electron chi connectivity index (χ0n) is 34.3. The molecule has 0 aliphatic heterocycles. The predicted octanol–water partition coefficient (Wildman–Crippen LogP) is 12.2. The van der Waals surface area contributed by atoms with E-state index in [0.29, 0.717) is 25.7 Å². The minimum atomic E-state index is -4.79. The van der Waals surface area contributed by atoms with Gasteiger partial charge in [0, 0.05) is 19.3 Å². The molecule has 0 spiro atoms. The topological polar surface area (TPSA) is 136 Å². The summed E-state index contributed by atoms with van der Waals surface area (Å²) in [4.78, 5) is 54.5. The number of rotatable bonds is 38. The molecule has 0 saturated carbocycles. The van der Waals surface area contributed by atoms with Crippen LogP contribution < -0.4 is 0 Å². The molecular weight excluding hydrogens is 715 g/mol. The normalized spacial score (nSPS) is 13.1. The summed E-state index contributed by atoms with van der Waals surface area (Å²) in [6, 6.07) is 0. The largest absolute Gasteiger partial charge is 0.469 e. The summed E-state index contributed by atoms with van der Waals surface area (Å²) in [6.07, 6.45) is 47.5. The molecule has 0 aromatic carbocycles. The fourth-order valence-electron chi connectivity index (χ4n) is 5.47. The van der Waals surface area contributed by atoms with Crippen LogP contribution in [-0.4, -0.2) is 46.8 Å². The number of hydrogen-bond donors (Lipinski definition) is 2. The van der Waals surface area contributed by atoms with E-state index < -0.39 is 32.5 Å². The SMILES string of the molecule is CCCCC/C=C\C/C=C\CCCCCCCCCCCC(=O)OC[C@H](COP(=O)(O)O)OC(=O)CCC/C=C\C/C=C\C/C=C\C=C\C(=O)CCCCC. The molecule has 0 aromatic rings. The maximum absolute atomic E-state index is 12.4. The van der Waals surface area contributed by atoms with Crippen LogP contribution in [0.3, 0.4) is 0 Å². The highest BCUT2D eigenvalue weighted by molar-refractivity contribution is 7.46. The number of ketones is 1. The lowest BCUT2D eigenvalue weighted by Crippen LogP contribution is -2.29. The molecule has 10 heteroatoms. The molecule has 2 N–H and O–H groups in total. The Morgan fingerprint density at radius 1 is 0.527 bits per heavy atom. The number of ether oxygens (including phenoxy) is 2. The number of carbonyl (C=O) groups excluding carboxylic acids is 3. The Balaban J connectivity index is 4.06. The highest BCUT2D eigenvalue weighted by atomic mass is 31.2. The van der Waals surface area contributed by atoms with Crippen LogP contribution in [-0.2, 0) is 32.9 Å². The standard InChI is InChI=1S/C45H75O9P/c1-3-5-7-8-9-10-11-12-13-14-15-16-17-18-21-24-27-30-34-38-44(47)52-40-43(41-53-55(49,50)51)54-45(48)39-35-31-28-25-22-19-20-23-26-29-33-37-42(46)36-32-6-4-2/h9-10,12-13,19-20,25-26,28-29,33,37,43H,3-8,11,14-18,21-24,27,30-32,34-36,38-41H2,1-2H3,(H2,49,50,51)/b10-9-,13-12-,20-19-,28-25-,29-26-,37-33+/t43-/m1/s1. The molecule has 0 radical (unpaired) electrons. The molecule has 0 heterocycles. The molecule has 0 aromatic heterocycles. The van der Waals surface area contributed by atoms with Crippen LogP contribution in [0, 0.1) is 0 Å². The molecule has 0 aliphatic rings. The van der Waals surface area contributed by atoms with Crippen molar-refractivity contribution in [3.63, 3.8) is 0 Å². The lowest BCUT2D eigenvalue weighted by Gasteiger charge is -2.18. The third-order valence-electron chi connectivity index (χ3n) is 8.67. The Hall–Kier alpha value is -2.84. The van der Waals surface area contributed by atoms with Gasteiger partial charge in [-0.2, -0.15) is 0 Å². The third-order valence-corrected chi connectivity index (χ3v) is 9.16. The molecule has 0 bridgehead atoms. The van der Waals surface area contributed by atoms with E-state index in [9.17, 15) is 18.9 Å². The van der Waals surface area contributed by atoms with E-state index in [2.05, 4.69) is 42.7 Å². The second-order valence-corrected chi connectivity index (χ2v) is 15.2. The molecule has 1 atom stereocenters. The number of unbranched alkanes of at least 4 members (excludes halogenated alkanes) is 15. The highest BCUT2D eigenvalue weighted by Crippen LogP contribution is 2.36. The summed E-state index contributed by atoms with van der Waals surface area (Å²) in [5.41, 5.74) is 0. The van der Waals surface area contributed by atoms with Crippen molar-refractivity contribution >= 4 is 25.5 Å². The van der Waals surface area contributed by atoms with Crippen LogP contribution in [0.1, 0.15) is 174 Å². The van der Waals surface area contributed by atoms with Gasteiger partial charge in [-0.05, 0) is 76.7 Å². The Bertz CT molecular complexity index is 1180. The lowest BCUT2D eigenvalue weighted by atomic mass is 10.1. The highest BCUT2D eigenvalue weighted by Gasteiger charge is 2.22. The molecule has 55 heavy (non-hydrogen) atoms. The Kier molecular flexibility index (Phi) is 37.4. The van der Waals surface area contributed by atoms with Gasteiger partial charge in [0.15, 0.2) is 11.9 Å². The predicted molar refractivity (Wildman–Crippen MR) is 225 cm³/mol. The van der Waals surface area contributed by atoms with E-state index in [0.717, 1.165) is 64.2 Å². The Labute approximate surface area is 334 Å². The first-order chi connectivity index (χ1) is 26.7. The maximum Gasteiger partial charge on any atom is 0.469 e. The van der Waals surface area contributed by atoms with E-state index in [1.54, 1.807) is 12.2 Å². The summed E-state index contributed by atoms with van der Waals surface area (Å²) in [5, 5.41) is 0. The Morgan fingerprint density at radius 2 is 1.00 bits per heavy atom. The number of hydrogen-bond acceptors (Lipinski definition) is 7. The summed E-state index contributed by atoms with van der Waals surface area (Å²) >= 11 is 0. The van der Waals surface area contributed by atoms with Gasteiger partial charge in [-0.3, -0.25) is 18.9 Å². The smallest absolute Gasteiger partial charge is 0.462 e. The lowest BCUT2D eigenvalue weighted by molar-refractivity contribution is -0.161. The zero-order chi connectivity index (χ0) is 40.5. The molecule has 0 amide bonds. The van der Waals surface area contributed by atoms with E-state index in [1.165, 1.54) is 57.8 Å². The van der Waals surface area contributed by atoms with Crippen LogP contribution in [0.4, 0.5) is 0 Å².